The molecule has 0 saturated heterocycles. The third-order valence-electron chi connectivity index (χ3n) is 2.32. The number of aliphatic hydroxyl groups excluding tert-OH is 1. The number of rotatable bonds is 4. The first-order valence-electron chi connectivity index (χ1n) is 4.61. The minimum atomic E-state index is -1.02. The second-order valence-electron chi connectivity index (χ2n) is 3.34. The van der Waals surface area contributed by atoms with Crippen LogP contribution in [-0.2, 0) is 4.79 Å². The summed E-state index contributed by atoms with van der Waals surface area (Å²) in [5, 5.41) is 18.4. The number of methoxy groups -OCH3 is 1. The summed E-state index contributed by atoms with van der Waals surface area (Å²) in [5.74, 6) is -1.16. The highest BCUT2D eigenvalue weighted by Crippen LogP contribution is 2.23. The monoisotopic (exact) mass is 210 g/mol. The molecule has 0 spiro atoms. The molecule has 2 N–H and O–H groups in total. The lowest BCUT2D eigenvalue weighted by atomic mass is 9.98. The van der Waals surface area contributed by atoms with Gasteiger partial charge in [0.05, 0.1) is 19.1 Å². The topological polar surface area (TPSA) is 66.8 Å². The van der Waals surface area contributed by atoms with E-state index in [0.717, 1.165) is 0 Å². The van der Waals surface area contributed by atoms with Gasteiger partial charge in [-0.15, -0.1) is 0 Å². The number of carboxylic acids is 1. The van der Waals surface area contributed by atoms with Crippen molar-refractivity contribution in [3.8, 4) is 5.75 Å². The molecule has 15 heavy (non-hydrogen) atoms. The van der Waals surface area contributed by atoms with Gasteiger partial charge in [-0.25, -0.2) is 0 Å². The lowest BCUT2D eigenvalue weighted by molar-refractivity contribution is -0.145. The lowest BCUT2D eigenvalue weighted by Crippen LogP contribution is -2.18. The van der Waals surface area contributed by atoms with Crippen molar-refractivity contribution in [1.29, 1.82) is 0 Å². The molecule has 1 aromatic rings. The van der Waals surface area contributed by atoms with Crippen LogP contribution in [0.3, 0.4) is 0 Å². The molecule has 0 amide bonds. The van der Waals surface area contributed by atoms with Gasteiger partial charge in [-0.2, -0.15) is 0 Å². The Balaban J connectivity index is 2.82. The summed E-state index contributed by atoms with van der Waals surface area (Å²) >= 11 is 0. The van der Waals surface area contributed by atoms with Crippen LogP contribution in [0.25, 0.3) is 0 Å². The number of carbonyl (C=O) groups is 1. The number of hydrogen-bond donors (Lipinski definition) is 2. The van der Waals surface area contributed by atoms with E-state index in [1.54, 1.807) is 31.4 Å². The molecule has 1 aromatic carbocycles. The van der Waals surface area contributed by atoms with Gasteiger partial charge in [-0.05, 0) is 24.6 Å². The van der Waals surface area contributed by atoms with Crippen molar-refractivity contribution < 1.29 is 19.7 Å². The molecule has 0 bridgehead atoms. The first kappa shape index (κ1) is 11.5. The van der Waals surface area contributed by atoms with Crippen molar-refractivity contribution in [2.45, 2.75) is 13.0 Å². The Bertz CT molecular complexity index is 331. The molecule has 0 fully saturated rings. The molecule has 0 aliphatic carbocycles. The summed E-state index contributed by atoms with van der Waals surface area (Å²) in [4.78, 5) is 10.7. The van der Waals surface area contributed by atoms with Gasteiger partial charge >= 0.3 is 5.97 Å². The highest BCUT2D eigenvalue weighted by atomic mass is 16.5. The molecule has 0 aliphatic heterocycles. The molecule has 0 heterocycles. The Morgan fingerprint density at radius 3 is 2.27 bits per heavy atom. The normalized spacial score (nSPS) is 14.3. The summed E-state index contributed by atoms with van der Waals surface area (Å²) in [5.41, 5.74) is 0.575. The summed E-state index contributed by atoms with van der Waals surface area (Å²) in [6.45, 7) is 1.47. The molecule has 0 aliphatic rings. The maximum Gasteiger partial charge on any atom is 0.309 e. The molecular formula is C11H14O4. The van der Waals surface area contributed by atoms with Crippen molar-refractivity contribution in [2.75, 3.05) is 7.11 Å². The number of ether oxygens (including phenoxy) is 1. The second kappa shape index (κ2) is 4.79. The zero-order chi connectivity index (χ0) is 11.4. The van der Waals surface area contributed by atoms with E-state index in [1.807, 2.05) is 0 Å². The van der Waals surface area contributed by atoms with E-state index in [2.05, 4.69) is 0 Å². The standard InChI is InChI=1S/C11H14O4/c1-7(11(13)14)10(12)8-3-5-9(15-2)6-4-8/h3-7,10,12H,1-2H3,(H,13,14)/t7-,10-/m0/s1. The van der Waals surface area contributed by atoms with Crippen molar-refractivity contribution in [1.82, 2.24) is 0 Å². The average Bonchev–Trinajstić information content (AvgIpc) is 2.27. The van der Waals surface area contributed by atoms with Gasteiger partial charge in [-0.1, -0.05) is 12.1 Å². The number of aliphatic carboxylic acids is 1. The highest BCUT2D eigenvalue weighted by molar-refractivity contribution is 5.70. The molecule has 0 saturated carbocycles. The molecular weight excluding hydrogens is 196 g/mol. The van der Waals surface area contributed by atoms with E-state index in [4.69, 9.17) is 9.84 Å². The van der Waals surface area contributed by atoms with Crippen molar-refractivity contribution in [3.63, 3.8) is 0 Å². The third-order valence-corrected chi connectivity index (χ3v) is 2.32. The van der Waals surface area contributed by atoms with Gasteiger partial charge in [-0.3, -0.25) is 4.79 Å². The van der Waals surface area contributed by atoms with E-state index in [0.29, 0.717) is 11.3 Å². The summed E-state index contributed by atoms with van der Waals surface area (Å²) < 4.78 is 4.96. The average molecular weight is 210 g/mol. The highest BCUT2D eigenvalue weighted by Gasteiger charge is 2.22. The first-order valence-corrected chi connectivity index (χ1v) is 4.61. The van der Waals surface area contributed by atoms with Crippen LogP contribution in [0.1, 0.15) is 18.6 Å². The fourth-order valence-corrected chi connectivity index (χ4v) is 1.22. The molecule has 0 radical (unpaired) electrons. The molecule has 0 aromatic heterocycles. The minimum Gasteiger partial charge on any atom is -0.497 e. The Morgan fingerprint density at radius 1 is 1.33 bits per heavy atom. The quantitative estimate of drug-likeness (QED) is 0.789. The lowest BCUT2D eigenvalue weighted by Gasteiger charge is -2.15. The second-order valence-corrected chi connectivity index (χ2v) is 3.34. The van der Waals surface area contributed by atoms with Gasteiger partial charge in [0.1, 0.15) is 5.75 Å². The van der Waals surface area contributed by atoms with Crippen LogP contribution in [0.15, 0.2) is 24.3 Å². The van der Waals surface area contributed by atoms with Crippen LogP contribution in [-0.4, -0.2) is 23.3 Å². The van der Waals surface area contributed by atoms with Gasteiger partial charge < -0.3 is 14.9 Å². The number of aliphatic hydroxyl groups is 1. The van der Waals surface area contributed by atoms with Gasteiger partial charge in [0.2, 0.25) is 0 Å². The largest absolute Gasteiger partial charge is 0.497 e. The van der Waals surface area contributed by atoms with Crippen LogP contribution in [0, 0.1) is 5.92 Å². The van der Waals surface area contributed by atoms with Crippen LogP contribution in [0.2, 0.25) is 0 Å². The Kier molecular flexibility index (Phi) is 3.68. The molecule has 2 atom stereocenters. The van der Waals surface area contributed by atoms with Crippen LogP contribution < -0.4 is 4.74 Å². The molecule has 4 nitrogen and oxygen atoms in total. The maximum absolute atomic E-state index is 10.7. The zero-order valence-corrected chi connectivity index (χ0v) is 8.68. The van der Waals surface area contributed by atoms with Crippen LogP contribution in [0.5, 0.6) is 5.75 Å². The van der Waals surface area contributed by atoms with Crippen molar-refractivity contribution >= 4 is 5.97 Å². The predicted molar refractivity (Wildman–Crippen MR) is 54.8 cm³/mol. The fourth-order valence-electron chi connectivity index (χ4n) is 1.22. The first-order chi connectivity index (χ1) is 7.06. The van der Waals surface area contributed by atoms with Crippen molar-refractivity contribution in [2.24, 2.45) is 5.92 Å². The molecule has 0 unspecified atom stereocenters. The van der Waals surface area contributed by atoms with E-state index in [9.17, 15) is 9.90 Å². The van der Waals surface area contributed by atoms with Crippen LogP contribution >= 0.6 is 0 Å². The third kappa shape index (κ3) is 2.70. The van der Waals surface area contributed by atoms with E-state index in [1.165, 1.54) is 6.92 Å². The van der Waals surface area contributed by atoms with E-state index < -0.39 is 18.0 Å². The van der Waals surface area contributed by atoms with E-state index in [-0.39, 0.29) is 0 Å². The predicted octanol–water partition coefficient (Wildman–Crippen LogP) is 1.45. The maximum atomic E-state index is 10.7. The SMILES string of the molecule is COc1ccc([C@@H](O)[C@H](C)C(=O)O)cc1. The molecule has 1 rings (SSSR count). The van der Waals surface area contributed by atoms with E-state index >= 15 is 0 Å². The number of carboxylic acid groups (broad SMARTS) is 1. The summed E-state index contributed by atoms with van der Waals surface area (Å²) in [7, 11) is 1.55. The number of hydrogen-bond acceptors (Lipinski definition) is 3. The number of benzene rings is 1. The van der Waals surface area contributed by atoms with Gasteiger partial charge in [0, 0.05) is 0 Å². The molecule has 82 valence electrons. The van der Waals surface area contributed by atoms with Crippen LogP contribution in [0.4, 0.5) is 0 Å². The van der Waals surface area contributed by atoms with Crippen molar-refractivity contribution in [3.05, 3.63) is 29.8 Å². The Morgan fingerprint density at radius 2 is 1.87 bits per heavy atom. The summed E-state index contributed by atoms with van der Waals surface area (Å²) in [6.07, 6.45) is -0.992. The fraction of sp³-hybridized carbons (Fsp3) is 0.364. The smallest absolute Gasteiger partial charge is 0.309 e. The zero-order valence-electron chi connectivity index (χ0n) is 8.68. The Labute approximate surface area is 88.1 Å². The van der Waals surface area contributed by atoms with Gasteiger partial charge in [0.25, 0.3) is 0 Å². The van der Waals surface area contributed by atoms with Gasteiger partial charge in [0.15, 0.2) is 0 Å². The minimum absolute atomic E-state index is 0.575. The molecule has 4 heteroatoms. The Hall–Kier alpha value is -1.55. The summed E-state index contributed by atoms with van der Waals surface area (Å²) in [6, 6.07) is 6.69.